The molecule has 4 nitrogen and oxygen atoms in total. The zero-order valence-electron chi connectivity index (χ0n) is 11.7. The highest BCUT2D eigenvalue weighted by Gasteiger charge is 2.47. The molecule has 21 heavy (non-hydrogen) atoms. The molecule has 1 aromatic carbocycles. The summed E-state index contributed by atoms with van der Waals surface area (Å²) >= 11 is 0. The van der Waals surface area contributed by atoms with E-state index in [4.69, 9.17) is 4.74 Å². The molecule has 1 saturated carbocycles. The molecule has 0 heterocycles. The van der Waals surface area contributed by atoms with E-state index >= 15 is 0 Å². The van der Waals surface area contributed by atoms with Crippen LogP contribution in [0.25, 0.3) is 6.08 Å². The molecule has 0 spiro atoms. The second-order valence-corrected chi connectivity index (χ2v) is 5.61. The van der Waals surface area contributed by atoms with Crippen LogP contribution < -0.4 is 0 Å². The minimum atomic E-state index is -1.71. The first-order valence-corrected chi connectivity index (χ1v) is 7.31. The number of ether oxygens (including phenoxy) is 1. The lowest BCUT2D eigenvalue weighted by atomic mass is 9.81. The van der Waals surface area contributed by atoms with Gasteiger partial charge in [-0.05, 0) is 30.5 Å². The molecule has 3 rings (SSSR count). The van der Waals surface area contributed by atoms with Crippen molar-refractivity contribution in [2.75, 3.05) is 0 Å². The first kappa shape index (κ1) is 13.8. The maximum Gasteiger partial charge on any atom is 0.247 e. The van der Waals surface area contributed by atoms with Gasteiger partial charge in [0.2, 0.25) is 11.4 Å². The van der Waals surface area contributed by atoms with E-state index in [0.717, 1.165) is 32.1 Å². The van der Waals surface area contributed by atoms with Crippen LogP contribution in [0.3, 0.4) is 0 Å². The lowest BCUT2D eigenvalue weighted by molar-refractivity contribution is -0.143. The molecule has 0 radical (unpaired) electrons. The van der Waals surface area contributed by atoms with Gasteiger partial charge in [0, 0.05) is 0 Å². The summed E-state index contributed by atoms with van der Waals surface area (Å²) in [4.78, 5) is 12.4. The monoisotopic (exact) mass is 283 g/mol. The van der Waals surface area contributed by atoms with Crippen molar-refractivity contribution in [3.8, 4) is 11.8 Å². The summed E-state index contributed by atoms with van der Waals surface area (Å²) in [7, 11) is 0. The van der Waals surface area contributed by atoms with E-state index in [2.05, 4.69) is 0 Å². The van der Waals surface area contributed by atoms with E-state index in [0.29, 0.717) is 5.56 Å². The Morgan fingerprint density at radius 3 is 2.71 bits per heavy atom. The van der Waals surface area contributed by atoms with Gasteiger partial charge >= 0.3 is 0 Å². The summed E-state index contributed by atoms with van der Waals surface area (Å²) in [5.41, 5.74) is -0.769. The second kappa shape index (κ2) is 5.34. The van der Waals surface area contributed by atoms with E-state index in [1.807, 2.05) is 6.07 Å². The van der Waals surface area contributed by atoms with Crippen LogP contribution in [-0.4, -0.2) is 17.0 Å². The lowest BCUT2D eigenvalue weighted by Gasteiger charge is -2.34. The van der Waals surface area contributed by atoms with Crippen molar-refractivity contribution >= 4 is 11.9 Å². The van der Waals surface area contributed by atoms with Gasteiger partial charge in [-0.15, -0.1) is 0 Å². The SMILES string of the molecule is N#CC1(OC2CCCCC2)C(=O)C=Cc2cccc(O)c21. The number of nitrogens with zero attached hydrogens (tertiary/aromatic N) is 1. The standard InChI is InChI=1S/C17H17NO3/c18-11-17(21-13-6-2-1-3-7-13)15(20)10-9-12-5-4-8-14(19)16(12)17/h4-5,8-10,13,19H,1-3,6-7H2. The summed E-state index contributed by atoms with van der Waals surface area (Å²) in [6.45, 7) is 0. The van der Waals surface area contributed by atoms with Crippen molar-refractivity contribution in [1.82, 2.24) is 0 Å². The fourth-order valence-corrected chi connectivity index (χ4v) is 3.17. The lowest BCUT2D eigenvalue weighted by Crippen LogP contribution is -2.42. The van der Waals surface area contributed by atoms with Crippen LogP contribution in [-0.2, 0) is 15.1 Å². The first-order valence-electron chi connectivity index (χ1n) is 7.31. The quantitative estimate of drug-likeness (QED) is 0.905. The number of hydrogen-bond donors (Lipinski definition) is 1. The van der Waals surface area contributed by atoms with Gasteiger partial charge < -0.3 is 9.84 Å². The predicted octanol–water partition coefficient (Wildman–Crippen LogP) is 3.06. The zero-order valence-corrected chi connectivity index (χ0v) is 11.7. The molecule has 1 N–H and O–H groups in total. The smallest absolute Gasteiger partial charge is 0.247 e. The molecule has 108 valence electrons. The third kappa shape index (κ3) is 2.24. The van der Waals surface area contributed by atoms with Gasteiger partial charge in [0.1, 0.15) is 11.8 Å². The van der Waals surface area contributed by atoms with Gasteiger partial charge in [-0.2, -0.15) is 5.26 Å². The van der Waals surface area contributed by atoms with Crippen LogP contribution in [0, 0.1) is 11.3 Å². The number of hydrogen-bond acceptors (Lipinski definition) is 4. The summed E-state index contributed by atoms with van der Waals surface area (Å²) in [6.07, 6.45) is 7.84. The van der Waals surface area contributed by atoms with Crippen molar-refractivity contribution in [2.24, 2.45) is 0 Å². The average molecular weight is 283 g/mol. The fourth-order valence-electron chi connectivity index (χ4n) is 3.17. The molecule has 4 heteroatoms. The number of fused-ring (bicyclic) bond motifs is 1. The molecule has 1 aromatic rings. The number of phenolic OH excluding ortho intramolecular Hbond substituents is 1. The van der Waals surface area contributed by atoms with E-state index in [-0.39, 0.29) is 17.4 Å². The molecular formula is C17H17NO3. The van der Waals surface area contributed by atoms with Crippen molar-refractivity contribution in [1.29, 1.82) is 5.26 Å². The highest BCUT2D eigenvalue weighted by Crippen LogP contribution is 2.41. The highest BCUT2D eigenvalue weighted by molar-refractivity contribution is 6.06. The molecule has 0 amide bonds. The number of carbonyl (C=O) groups is 1. The Bertz CT molecular complexity index is 638. The minimum absolute atomic E-state index is 0.0671. The van der Waals surface area contributed by atoms with Gasteiger partial charge in [-0.1, -0.05) is 37.5 Å². The van der Waals surface area contributed by atoms with Gasteiger partial charge in [0.15, 0.2) is 0 Å². The molecule has 0 saturated heterocycles. The van der Waals surface area contributed by atoms with E-state index < -0.39 is 11.4 Å². The normalized spacial score (nSPS) is 25.4. The molecule has 2 aliphatic carbocycles. The van der Waals surface area contributed by atoms with Gasteiger partial charge in [0.25, 0.3) is 0 Å². The Hall–Kier alpha value is -2.12. The van der Waals surface area contributed by atoms with Crippen molar-refractivity contribution in [3.63, 3.8) is 0 Å². The van der Waals surface area contributed by atoms with Crippen LogP contribution in [0.15, 0.2) is 24.3 Å². The van der Waals surface area contributed by atoms with Crippen LogP contribution in [0.5, 0.6) is 5.75 Å². The van der Waals surface area contributed by atoms with Crippen LogP contribution in [0.4, 0.5) is 0 Å². The third-order valence-corrected chi connectivity index (χ3v) is 4.24. The predicted molar refractivity (Wildman–Crippen MR) is 77.4 cm³/mol. The second-order valence-electron chi connectivity index (χ2n) is 5.61. The zero-order chi connectivity index (χ0) is 14.9. The summed E-state index contributed by atoms with van der Waals surface area (Å²) in [5.74, 6) is -0.480. The first-order chi connectivity index (χ1) is 10.2. The molecule has 1 atom stereocenters. The molecular weight excluding hydrogens is 266 g/mol. The van der Waals surface area contributed by atoms with E-state index in [1.165, 1.54) is 12.1 Å². The number of phenols is 1. The Kier molecular flexibility index (Phi) is 3.52. The number of carbonyl (C=O) groups excluding carboxylic acids is 1. The average Bonchev–Trinajstić information content (AvgIpc) is 2.51. The van der Waals surface area contributed by atoms with Crippen molar-refractivity contribution < 1.29 is 14.6 Å². The van der Waals surface area contributed by atoms with Gasteiger partial charge in [-0.3, -0.25) is 4.79 Å². The number of nitriles is 1. The summed E-state index contributed by atoms with van der Waals surface area (Å²) in [5, 5.41) is 19.8. The molecule has 0 aliphatic heterocycles. The van der Waals surface area contributed by atoms with Crippen molar-refractivity contribution in [3.05, 3.63) is 35.4 Å². The largest absolute Gasteiger partial charge is 0.507 e. The topological polar surface area (TPSA) is 70.3 Å². The fraction of sp³-hybridized carbons (Fsp3) is 0.412. The maximum absolute atomic E-state index is 12.4. The number of aromatic hydroxyl groups is 1. The summed E-state index contributed by atoms with van der Waals surface area (Å²) < 4.78 is 5.97. The van der Waals surface area contributed by atoms with Crippen molar-refractivity contribution in [2.45, 2.75) is 43.8 Å². The summed E-state index contributed by atoms with van der Waals surface area (Å²) in [6, 6.07) is 6.98. The Morgan fingerprint density at radius 1 is 1.24 bits per heavy atom. The van der Waals surface area contributed by atoms with Gasteiger partial charge in [0.05, 0.1) is 11.7 Å². The number of benzene rings is 1. The Morgan fingerprint density at radius 2 is 2.00 bits per heavy atom. The molecule has 1 fully saturated rings. The van der Waals surface area contributed by atoms with E-state index in [1.54, 1.807) is 18.2 Å². The Balaban J connectivity index is 2.06. The number of rotatable bonds is 2. The molecule has 2 aliphatic rings. The molecule has 0 aromatic heterocycles. The Labute approximate surface area is 123 Å². The number of ketones is 1. The maximum atomic E-state index is 12.4. The van der Waals surface area contributed by atoms with Gasteiger partial charge in [-0.25, -0.2) is 0 Å². The van der Waals surface area contributed by atoms with E-state index in [9.17, 15) is 15.2 Å². The van der Waals surface area contributed by atoms with Crippen LogP contribution in [0.1, 0.15) is 43.2 Å². The van der Waals surface area contributed by atoms with Crippen LogP contribution >= 0.6 is 0 Å². The highest BCUT2D eigenvalue weighted by atomic mass is 16.5. The third-order valence-electron chi connectivity index (χ3n) is 4.24. The minimum Gasteiger partial charge on any atom is -0.507 e. The molecule has 1 unspecified atom stereocenters. The molecule has 0 bridgehead atoms. The van der Waals surface area contributed by atoms with Crippen LogP contribution in [0.2, 0.25) is 0 Å².